The molecule has 4 rings (SSSR count). The van der Waals surface area contributed by atoms with Gasteiger partial charge in [-0.15, -0.1) is 5.53 Å². The summed E-state index contributed by atoms with van der Waals surface area (Å²) in [5.41, 5.74) is 13.0. The molecular weight excluding hydrogens is 324 g/mol. The van der Waals surface area contributed by atoms with E-state index < -0.39 is 0 Å². The fourth-order valence-corrected chi connectivity index (χ4v) is 3.02. The minimum absolute atomic E-state index is 0.257. The van der Waals surface area contributed by atoms with Crippen LogP contribution in [-0.4, -0.2) is 5.11 Å². The van der Waals surface area contributed by atoms with Crippen molar-refractivity contribution in [1.82, 2.24) is 5.53 Å². The van der Waals surface area contributed by atoms with Gasteiger partial charge in [0.25, 0.3) is 0 Å². The zero-order chi connectivity index (χ0) is 17.9. The third-order valence-corrected chi connectivity index (χ3v) is 4.58. The summed E-state index contributed by atoms with van der Waals surface area (Å²) in [5.74, 6) is 0.257. The molecule has 0 atom stereocenters. The Balaban J connectivity index is 1.46. The molecule has 0 saturated heterocycles. The number of aryl methyl sites for hydroxylation is 1. The van der Waals surface area contributed by atoms with Crippen molar-refractivity contribution in [2.75, 3.05) is 15.8 Å². The van der Waals surface area contributed by atoms with Crippen LogP contribution in [-0.2, 0) is 13.0 Å². The van der Waals surface area contributed by atoms with E-state index in [-0.39, 0.29) is 5.75 Å². The quantitative estimate of drug-likeness (QED) is 0.546. The van der Waals surface area contributed by atoms with Crippen LogP contribution in [0.4, 0.5) is 22.7 Å². The number of benzene rings is 3. The lowest BCUT2D eigenvalue weighted by molar-refractivity contribution is 0.475. The van der Waals surface area contributed by atoms with E-state index in [1.165, 1.54) is 11.1 Å². The van der Waals surface area contributed by atoms with Gasteiger partial charge in [0.1, 0.15) is 5.75 Å². The molecule has 0 unspecified atom stereocenters. The van der Waals surface area contributed by atoms with Gasteiger partial charge in [-0.05, 0) is 60.0 Å². The fraction of sp³-hybridized carbons (Fsp3) is 0.143. The molecule has 1 aliphatic rings. The van der Waals surface area contributed by atoms with Crippen LogP contribution in [0, 0.1) is 0 Å². The average molecular weight is 346 g/mol. The smallest absolute Gasteiger partial charge is 0.115 e. The molecule has 0 radical (unpaired) electrons. The normalized spacial score (nSPS) is 12.6. The van der Waals surface area contributed by atoms with Crippen molar-refractivity contribution in [2.24, 2.45) is 0 Å². The summed E-state index contributed by atoms with van der Waals surface area (Å²) < 4.78 is 0. The first-order valence-corrected chi connectivity index (χ1v) is 8.79. The van der Waals surface area contributed by atoms with E-state index in [1.54, 1.807) is 12.1 Å². The second-order valence-electron chi connectivity index (χ2n) is 6.34. The van der Waals surface area contributed by atoms with Gasteiger partial charge in [0.15, 0.2) is 0 Å². The number of phenols is 1. The maximum Gasteiger partial charge on any atom is 0.115 e. The first kappa shape index (κ1) is 16.3. The van der Waals surface area contributed by atoms with E-state index in [9.17, 15) is 5.11 Å². The van der Waals surface area contributed by atoms with E-state index in [2.05, 4.69) is 65.7 Å². The molecule has 132 valence electrons. The average Bonchev–Trinajstić information content (AvgIpc) is 3.10. The summed E-state index contributed by atoms with van der Waals surface area (Å²) in [5, 5.41) is 14.9. The van der Waals surface area contributed by atoms with Crippen molar-refractivity contribution in [3.05, 3.63) is 77.9 Å². The number of phenolic OH excluding ortho intramolecular Hbond substituents is 1. The summed E-state index contributed by atoms with van der Waals surface area (Å²) in [6.07, 6.45) is 1.06. The van der Waals surface area contributed by atoms with Gasteiger partial charge in [-0.25, -0.2) is 0 Å². The largest absolute Gasteiger partial charge is 0.508 e. The number of hydrogen-bond donors (Lipinski definition) is 4. The van der Waals surface area contributed by atoms with Crippen molar-refractivity contribution in [2.45, 2.75) is 19.9 Å². The number of hydrazine groups is 2. The van der Waals surface area contributed by atoms with Crippen molar-refractivity contribution in [3.63, 3.8) is 0 Å². The third kappa shape index (κ3) is 3.30. The van der Waals surface area contributed by atoms with Crippen molar-refractivity contribution in [1.29, 1.82) is 0 Å². The third-order valence-electron chi connectivity index (χ3n) is 4.58. The second-order valence-corrected chi connectivity index (χ2v) is 6.34. The molecule has 0 saturated carbocycles. The van der Waals surface area contributed by atoms with Gasteiger partial charge in [-0.2, -0.15) is 0 Å². The maximum absolute atomic E-state index is 9.45. The number of nitrogens with one attached hydrogen (secondary N) is 3. The molecule has 0 fully saturated rings. The van der Waals surface area contributed by atoms with Crippen molar-refractivity contribution >= 4 is 22.7 Å². The molecule has 5 heteroatoms. The lowest BCUT2D eigenvalue weighted by atomic mass is 10.1. The topological polar surface area (TPSA) is 59.6 Å². The molecule has 0 spiro atoms. The minimum Gasteiger partial charge on any atom is -0.508 e. The number of rotatable bonds is 5. The SMILES string of the molecule is CCc1ccc(CNc2ccc3c(c2)NNN3c2ccc(O)cc2)cc1. The summed E-state index contributed by atoms with van der Waals surface area (Å²) in [7, 11) is 0. The molecular formula is C21H22N4O. The molecule has 0 bridgehead atoms. The molecule has 0 aliphatic carbocycles. The van der Waals surface area contributed by atoms with Gasteiger partial charge < -0.3 is 15.8 Å². The van der Waals surface area contributed by atoms with Crippen molar-refractivity contribution in [3.8, 4) is 5.75 Å². The monoisotopic (exact) mass is 346 g/mol. The van der Waals surface area contributed by atoms with Crippen LogP contribution in [0.5, 0.6) is 5.75 Å². The number of nitrogens with zero attached hydrogens (tertiary/aromatic N) is 1. The number of hydrogen-bond acceptors (Lipinski definition) is 5. The predicted molar refractivity (Wildman–Crippen MR) is 107 cm³/mol. The zero-order valence-corrected chi connectivity index (χ0v) is 14.7. The fourth-order valence-electron chi connectivity index (χ4n) is 3.02. The van der Waals surface area contributed by atoms with Gasteiger partial charge in [0.2, 0.25) is 0 Å². The Labute approximate surface area is 153 Å². The van der Waals surface area contributed by atoms with E-state index in [4.69, 9.17) is 0 Å². The number of anilines is 4. The summed E-state index contributed by atoms with van der Waals surface area (Å²) >= 11 is 0. The highest BCUT2D eigenvalue weighted by Crippen LogP contribution is 2.36. The van der Waals surface area contributed by atoms with Gasteiger partial charge in [-0.3, -0.25) is 5.01 Å². The maximum atomic E-state index is 9.45. The molecule has 3 aromatic rings. The van der Waals surface area contributed by atoms with Gasteiger partial charge >= 0.3 is 0 Å². The van der Waals surface area contributed by atoms with Crippen LogP contribution >= 0.6 is 0 Å². The molecule has 4 N–H and O–H groups in total. The highest BCUT2D eigenvalue weighted by atomic mass is 16.3. The zero-order valence-electron chi connectivity index (χ0n) is 14.7. The van der Waals surface area contributed by atoms with Crippen LogP contribution in [0.3, 0.4) is 0 Å². The van der Waals surface area contributed by atoms with Gasteiger partial charge in [0.05, 0.1) is 17.1 Å². The first-order valence-electron chi connectivity index (χ1n) is 8.79. The van der Waals surface area contributed by atoms with E-state index >= 15 is 0 Å². The van der Waals surface area contributed by atoms with E-state index in [0.717, 1.165) is 35.7 Å². The molecule has 0 aromatic heterocycles. The molecule has 26 heavy (non-hydrogen) atoms. The molecule has 0 amide bonds. The standard InChI is InChI=1S/C21H22N4O/c1-2-15-3-5-16(6-4-15)14-22-17-7-12-21-20(13-17)23-24-25(21)18-8-10-19(26)11-9-18/h3-13,22-24,26H,2,14H2,1H3. The van der Waals surface area contributed by atoms with Crippen LogP contribution < -0.4 is 21.3 Å². The second kappa shape index (κ2) is 6.98. The Kier molecular flexibility index (Phi) is 4.37. The highest BCUT2D eigenvalue weighted by Gasteiger charge is 2.20. The van der Waals surface area contributed by atoms with E-state index in [1.807, 2.05) is 17.1 Å². The Morgan fingerprint density at radius 3 is 2.38 bits per heavy atom. The van der Waals surface area contributed by atoms with Gasteiger partial charge in [0, 0.05) is 12.2 Å². The Morgan fingerprint density at radius 1 is 0.923 bits per heavy atom. The first-order chi connectivity index (χ1) is 12.7. The molecule has 5 nitrogen and oxygen atoms in total. The lowest BCUT2D eigenvalue weighted by Gasteiger charge is -2.18. The summed E-state index contributed by atoms with van der Waals surface area (Å²) in [4.78, 5) is 0. The molecule has 3 aromatic carbocycles. The molecule has 1 aliphatic heterocycles. The summed E-state index contributed by atoms with van der Waals surface area (Å²) in [6, 6.07) is 22.0. The van der Waals surface area contributed by atoms with Crippen LogP contribution in [0.2, 0.25) is 0 Å². The number of fused-ring (bicyclic) bond motifs is 1. The Hall–Kier alpha value is -3.18. The van der Waals surface area contributed by atoms with E-state index in [0.29, 0.717) is 0 Å². The van der Waals surface area contributed by atoms with Crippen LogP contribution in [0.15, 0.2) is 66.7 Å². The predicted octanol–water partition coefficient (Wildman–Crippen LogP) is 4.55. The lowest BCUT2D eigenvalue weighted by Crippen LogP contribution is -2.31. The highest BCUT2D eigenvalue weighted by molar-refractivity contribution is 5.82. The Morgan fingerprint density at radius 2 is 1.65 bits per heavy atom. The minimum atomic E-state index is 0.257. The van der Waals surface area contributed by atoms with Crippen LogP contribution in [0.1, 0.15) is 18.1 Å². The Bertz CT molecular complexity index is 891. The van der Waals surface area contributed by atoms with Gasteiger partial charge in [-0.1, -0.05) is 31.2 Å². The molecule has 1 heterocycles. The van der Waals surface area contributed by atoms with Crippen molar-refractivity contribution < 1.29 is 5.11 Å². The number of aromatic hydroxyl groups is 1. The van der Waals surface area contributed by atoms with Crippen LogP contribution in [0.25, 0.3) is 0 Å². The summed E-state index contributed by atoms with van der Waals surface area (Å²) in [6.45, 7) is 2.96.